The van der Waals surface area contributed by atoms with Gasteiger partial charge < -0.3 is 0 Å². The van der Waals surface area contributed by atoms with Crippen LogP contribution < -0.4 is 11.3 Å². The zero-order valence-electron chi connectivity index (χ0n) is 11.7. The zero-order valence-corrected chi connectivity index (χ0v) is 11.7. The van der Waals surface area contributed by atoms with Gasteiger partial charge in [0, 0.05) is 6.04 Å². The van der Waals surface area contributed by atoms with Crippen LogP contribution in [0.25, 0.3) is 0 Å². The van der Waals surface area contributed by atoms with Crippen LogP contribution in [0.2, 0.25) is 0 Å². The van der Waals surface area contributed by atoms with Crippen LogP contribution in [-0.2, 0) is 6.18 Å². The fraction of sp³-hybridized carbons (Fsp3) is 0.600. The molecule has 0 saturated heterocycles. The molecule has 1 aliphatic carbocycles. The maximum absolute atomic E-state index is 13.3. The van der Waals surface area contributed by atoms with Crippen molar-refractivity contribution >= 4 is 0 Å². The summed E-state index contributed by atoms with van der Waals surface area (Å²) in [7, 11) is 0. The Morgan fingerprint density at radius 2 is 1.86 bits per heavy atom. The maximum Gasteiger partial charge on any atom is 0.419 e. The summed E-state index contributed by atoms with van der Waals surface area (Å²) in [6, 6.07) is 2.72. The van der Waals surface area contributed by atoms with Crippen molar-refractivity contribution in [2.75, 3.05) is 0 Å². The summed E-state index contributed by atoms with van der Waals surface area (Å²) in [6.07, 6.45) is 1.66. The molecule has 2 rings (SSSR count). The van der Waals surface area contributed by atoms with Crippen LogP contribution in [0.5, 0.6) is 0 Å². The van der Waals surface area contributed by atoms with Crippen molar-refractivity contribution in [2.45, 2.75) is 50.7 Å². The first-order chi connectivity index (χ1) is 9.91. The number of hydrogen-bond donors (Lipinski definition) is 2. The quantitative estimate of drug-likeness (QED) is 0.494. The molecule has 3 N–H and O–H groups in total. The number of nitrogens with two attached hydrogens (primary N) is 1. The average molecular weight is 304 g/mol. The lowest BCUT2D eigenvalue weighted by molar-refractivity contribution is -0.140. The highest BCUT2D eigenvalue weighted by molar-refractivity contribution is 5.29. The molecule has 2 nitrogen and oxygen atoms in total. The van der Waals surface area contributed by atoms with Gasteiger partial charge in [-0.15, -0.1) is 0 Å². The van der Waals surface area contributed by atoms with Gasteiger partial charge in [0.05, 0.1) is 5.56 Å². The van der Waals surface area contributed by atoms with E-state index >= 15 is 0 Å². The highest BCUT2D eigenvalue weighted by atomic mass is 19.4. The molecule has 0 aromatic heterocycles. The highest BCUT2D eigenvalue weighted by Gasteiger charge is 2.34. The molecule has 1 saturated carbocycles. The van der Waals surface area contributed by atoms with Gasteiger partial charge in [0.15, 0.2) is 0 Å². The van der Waals surface area contributed by atoms with Gasteiger partial charge in [-0.3, -0.25) is 11.3 Å². The predicted molar refractivity (Wildman–Crippen MR) is 72.7 cm³/mol. The van der Waals surface area contributed by atoms with Crippen LogP contribution in [0.4, 0.5) is 17.6 Å². The molecule has 1 atom stereocenters. The molecule has 21 heavy (non-hydrogen) atoms. The first-order valence-electron chi connectivity index (χ1n) is 7.24. The summed E-state index contributed by atoms with van der Waals surface area (Å²) in [5.74, 6) is 4.70. The predicted octanol–water partition coefficient (Wildman–Crippen LogP) is 4.32. The van der Waals surface area contributed by atoms with Crippen molar-refractivity contribution in [2.24, 2.45) is 11.8 Å². The molecule has 0 bridgehead atoms. The SMILES string of the molecule is NNC(CC1CCCCC1)c1ccc(F)c(C(F)(F)F)c1. The second kappa shape index (κ2) is 6.75. The fourth-order valence-corrected chi connectivity index (χ4v) is 3.03. The van der Waals surface area contributed by atoms with Crippen molar-refractivity contribution in [3.63, 3.8) is 0 Å². The Morgan fingerprint density at radius 1 is 1.19 bits per heavy atom. The lowest BCUT2D eigenvalue weighted by atomic mass is 9.83. The van der Waals surface area contributed by atoms with Gasteiger partial charge in [0.25, 0.3) is 0 Å². The number of alkyl halides is 3. The molecule has 1 fully saturated rings. The minimum absolute atomic E-state index is 0.380. The van der Waals surface area contributed by atoms with Crippen LogP contribution in [0.1, 0.15) is 55.7 Å². The maximum atomic E-state index is 13.3. The van der Waals surface area contributed by atoms with E-state index in [1.165, 1.54) is 12.5 Å². The van der Waals surface area contributed by atoms with Crippen molar-refractivity contribution in [3.8, 4) is 0 Å². The van der Waals surface area contributed by atoms with Gasteiger partial charge in [0.2, 0.25) is 0 Å². The van der Waals surface area contributed by atoms with Crippen LogP contribution in [0.3, 0.4) is 0 Å². The lowest BCUT2D eigenvalue weighted by Crippen LogP contribution is -2.30. The Balaban J connectivity index is 2.17. The van der Waals surface area contributed by atoms with Crippen molar-refractivity contribution in [1.82, 2.24) is 5.43 Å². The summed E-state index contributed by atoms with van der Waals surface area (Å²) < 4.78 is 51.6. The van der Waals surface area contributed by atoms with Gasteiger partial charge in [-0.05, 0) is 30.0 Å². The minimum Gasteiger partial charge on any atom is -0.271 e. The molecule has 0 heterocycles. The second-order valence-corrected chi connectivity index (χ2v) is 5.70. The molecule has 0 spiro atoms. The molecular formula is C15H20F4N2. The molecule has 6 heteroatoms. The van der Waals surface area contributed by atoms with E-state index in [-0.39, 0.29) is 6.04 Å². The molecule has 0 radical (unpaired) electrons. The highest BCUT2D eigenvalue weighted by Crippen LogP contribution is 2.35. The van der Waals surface area contributed by atoms with E-state index in [0.29, 0.717) is 17.9 Å². The number of rotatable bonds is 4. The van der Waals surface area contributed by atoms with Gasteiger partial charge in [-0.2, -0.15) is 13.2 Å². The Morgan fingerprint density at radius 3 is 2.43 bits per heavy atom. The Hall–Kier alpha value is -1.14. The van der Waals surface area contributed by atoms with Gasteiger partial charge in [-0.25, -0.2) is 4.39 Å². The molecule has 1 aliphatic rings. The molecule has 1 aromatic rings. The van der Waals surface area contributed by atoms with Gasteiger partial charge in [0.1, 0.15) is 5.82 Å². The molecule has 0 amide bonds. The third-order valence-electron chi connectivity index (χ3n) is 4.19. The third kappa shape index (κ3) is 4.17. The monoisotopic (exact) mass is 304 g/mol. The third-order valence-corrected chi connectivity index (χ3v) is 4.19. The smallest absolute Gasteiger partial charge is 0.271 e. The van der Waals surface area contributed by atoms with Crippen LogP contribution >= 0.6 is 0 Å². The summed E-state index contributed by atoms with van der Waals surface area (Å²) in [6.45, 7) is 0. The van der Waals surface area contributed by atoms with Crippen LogP contribution in [0, 0.1) is 11.7 Å². The van der Waals surface area contributed by atoms with Crippen LogP contribution in [0.15, 0.2) is 18.2 Å². The van der Waals surface area contributed by atoms with E-state index in [9.17, 15) is 17.6 Å². The Kier molecular flexibility index (Phi) is 5.22. The molecular weight excluding hydrogens is 284 g/mol. The molecule has 1 aromatic carbocycles. The van der Waals surface area contributed by atoms with Crippen molar-refractivity contribution in [3.05, 3.63) is 35.1 Å². The normalized spacial score (nSPS) is 18.7. The van der Waals surface area contributed by atoms with Crippen molar-refractivity contribution in [1.29, 1.82) is 0 Å². The molecule has 118 valence electrons. The van der Waals surface area contributed by atoms with E-state index in [2.05, 4.69) is 5.43 Å². The Labute approximate surface area is 121 Å². The summed E-state index contributed by atoms with van der Waals surface area (Å²) in [5, 5.41) is 0. The van der Waals surface area contributed by atoms with Gasteiger partial charge in [-0.1, -0.05) is 38.2 Å². The van der Waals surface area contributed by atoms with E-state index in [1.54, 1.807) is 0 Å². The fourth-order valence-electron chi connectivity index (χ4n) is 3.03. The largest absolute Gasteiger partial charge is 0.419 e. The number of benzene rings is 1. The Bertz CT molecular complexity index is 467. The van der Waals surface area contributed by atoms with E-state index in [0.717, 1.165) is 37.8 Å². The number of nitrogens with one attached hydrogen (secondary N) is 1. The molecule has 0 aliphatic heterocycles. The average Bonchev–Trinajstić information content (AvgIpc) is 2.45. The van der Waals surface area contributed by atoms with Crippen LogP contribution in [-0.4, -0.2) is 0 Å². The van der Waals surface area contributed by atoms with E-state index < -0.39 is 17.6 Å². The molecule has 1 unspecified atom stereocenters. The first-order valence-corrected chi connectivity index (χ1v) is 7.24. The number of halogens is 4. The minimum atomic E-state index is -4.69. The standard InChI is InChI=1S/C15H20F4N2/c16-13-7-6-11(9-12(13)15(17,18)19)14(21-20)8-10-4-2-1-3-5-10/h6-7,9-10,14,21H,1-5,8,20H2. The first kappa shape index (κ1) is 16.2. The number of hydrogen-bond acceptors (Lipinski definition) is 2. The second-order valence-electron chi connectivity index (χ2n) is 5.70. The summed E-state index contributed by atoms with van der Waals surface area (Å²) in [5.41, 5.74) is 1.73. The zero-order chi connectivity index (χ0) is 15.5. The van der Waals surface area contributed by atoms with E-state index in [4.69, 9.17) is 5.84 Å². The van der Waals surface area contributed by atoms with Gasteiger partial charge >= 0.3 is 6.18 Å². The van der Waals surface area contributed by atoms with Crippen molar-refractivity contribution < 1.29 is 17.6 Å². The summed E-state index contributed by atoms with van der Waals surface area (Å²) >= 11 is 0. The summed E-state index contributed by atoms with van der Waals surface area (Å²) in [4.78, 5) is 0. The number of hydrazine groups is 1. The lowest BCUT2D eigenvalue weighted by Gasteiger charge is -2.26. The van der Waals surface area contributed by atoms with E-state index in [1.807, 2.05) is 0 Å². The topological polar surface area (TPSA) is 38.0 Å².